The molecule has 2 aliphatic rings. The van der Waals surface area contributed by atoms with Gasteiger partial charge in [0.2, 0.25) is 0 Å². The van der Waals surface area contributed by atoms with Crippen LogP contribution in [0.5, 0.6) is 0 Å². The van der Waals surface area contributed by atoms with Gasteiger partial charge in [-0.05, 0) is 32.1 Å². The summed E-state index contributed by atoms with van der Waals surface area (Å²) in [6.07, 6.45) is 3.65. The van der Waals surface area contributed by atoms with E-state index in [4.69, 9.17) is 9.47 Å². The van der Waals surface area contributed by atoms with Crippen LogP contribution in [0.25, 0.3) is 0 Å². The molecule has 0 saturated carbocycles. The van der Waals surface area contributed by atoms with Gasteiger partial charge in [-0.25, -0.2) is 8.42 Å². The van der Waals surface area contributed by atoms with E-state index in [0.29, 0.717) is 30.0 Å². The summed E-state index contributed by atoms with van der Waals surface area (Å²) in [4.78, 5) is 4.09. The average Bonchev–Trinajstić information content (AvgIpc) is 3.16. The highest BCUT2D eigenvalue weighted by Gasteiger charge is 2.50. The van der Waals surface area contributed by atoms with Crippen molar-refractivity contribution in [3.8, 4) is 0 Å². The van der Waals surface area contributed by atoms with E-state index >= 15 is 0 Å². The van der Waals surface area contributed by atoms with Gasteiger partial charge in [-0.15, -0.1) is 0 Å². The lowest BCUT2D eigenvalue weighted by Crippen LogP contribution is -2.51. The quantitative estimate of drug-likeness (QED) is 0.340. The van der Waals surface area contributed by atoms with Gasteiger partial charge in [0, 0.05) is 45.9 Å². The molecule has 2 rings (SSSR count). The summed E-state index contributed by atoms with van der Waals surface area (Å²) < 4.78 is 72.2. The predicted octanol–water partition coefficient (Wildman–Crippen LogP) is 1.05. The van der Waals surface area contributed by atoms with Crippen molar-refractivity contribution >= 4 is 16.0 Å². The normalized spacial score (nSPS) is 23.1. The van der Waals surface area contributed by atoms with E-state index in [1.807, 2.05) is 0 Å². The predicted molar refractivity (Wildman–Crippen MR) is 98.5 cm³/mol. The smallest absolute Gasteiger partial charge is 0.379 e. The summed E-state index contributed by atoms with van der Waals surface area (Å²) in [5.41, 5.74) is -5.25. The van der Waals surface area contributed by atoms with Gasteiger partial charge in [0.25, 0.3) is 0 Å². The Morgan fingerprint density at radius 2 is 2.00 bits per heavy atom. The molecule has 0 radical (unpaired) electrons. The molecule has 0 aromatic rings. The molecule has 28 heavy (non-hydrogen) atoms. The third kappa shape index (κ3) is 6.75. The van der Waals surface area contributed by atoms with E-state index in [1.54, 1.807) is 7.05 Å². The van der Waals surface area contributed by atoms with Gasteiger partial charge in [0.15, 0.2) is 5.96 Å². The number of aliphatic imine (C=N–C) groups is 1. The van der Waals surface area contributed by atoms with Gasteiger partial charge < -0.3 is 20.1 Å². The summed E-state index contributed by atoms with van der Waals surface area (Å²) in [6, 6.07) is -0.137. The van der Waals surface area contributed by atoms with Crippen LogP contribution in [0, 0.1) is 0 Å². The molecule has 2 aliphatic heterocycles. The van der Waals surface area contributed by atoms with Crippen molar-refractivity contribution in [3.05, 3.63) is 0 Å². The summed E-state index contributed by atoms with van der Waals surface area (Å²) >= 11 is 0. The van der Waals surface area contributed by atoms with Crippen LogP contribution in [-0.2, 0) is 19.5 Å². The number of halogens is 3. The topological polar surface area (TPSA) is 92.3 Å². The molecular formula is C16H29F3N4O4S. The molecule has 12 heteroatoms. The lowest BCUT2D eigenvalue weighted by Gasteiger charge is -2.32. The molecule has 0 aromatic carbocycles. The van der Waals surface area contributed by atoms with Crippen molar-refractivity contribution in [2.45, 2.75) is 49.8 Å². The Morgan fingerprint density at radius 1 is 1.29 bits per heavy atom. The molecule has 0 aromatic heterocycles. The van der Waals surface area contributed by atoms with Crippen LogP contribution in [0.4, 0.5) is 13.2 Å². The molecule has 0 spiro atoms. The lowest BCUT2D eigenvalue weighted by atomic mass is 10.1. The molecule has 2 fully saturated rings. The highest BCUT2D eigenvalue weighted by atomic mass is 32.2. The van der Waals surface area contributed by atoms with Crippen LogP contribution >= 0.6 is 0 Å². The van der Waals surface area contributed by atoms with Gasteiger partial charge in [0.1, 0.15) is 0 Å². The zero-order chi connectivity index (χ0) is 20.6. The molecule has 2 saturated heterocycles. The van der Waals surface area contributed by atoms with Crippen molar-refractivity contribution in [2.24, 2.45) is 4.99 Å². The van der Waals surface area contributed by atoms with Gasteiger partial charge in [-0.2, -0.15) is 17.5 Å². The summed E-state index contributed by atoms with van der Waals surface area (Å²) in [7, 11) is -3.65. The minimum atomic E-state index is -5.25. The molecule has 0 bridgehead atoms. The fraction of sp³-hybridized carbons (Fsp3) is 0.938. The standard InChI is InChI=1S/C16H29F3N4O4S/c1-20-15(21-7-3-10-26-12-14-4-2-11-27-14)22-13-5-8-23(9-6-13)28(24,25)16(17,18)19/h13-14H,2-12H2,1H3,(H2,20,21,22). The number of sulfonamides is 1. The van der Waals surface area contributed by atoms with Gasteiger partial charge in [0.05, 0.1) is 12.7 Å². The average molecular weight is 430 g/mol. The van der Waals surface area contributed by atoms with Crippen LogP contribution in [0.2, 0.25) is 0 Å². The first-order valence-electron chi connectivity index (χ1n) is 9.47. The summed E-state index contributed by atoms with van der Waals surface area (Å²) in [5.74, 6) is 0.538. The van der Waals surface area contributed by atoms with Crippen molar-refractivity contribution in [1.29, 1.82) is 0 Å². The van der Waals surface area contributed by atoms with Crippen molar-refractivity contribution in [1.82, 2.24) is 14.9 Å². The van der Waals surface area contributed by atoms with Crippen LogP contribution in [0.1, 0.15) is 32.1 Å². The van der Waals surface area contributed by atoms with Crippen molar-refractivity contribution < 1.29 is 31.1 Å². The minimum Gasteiger partial charge on any atom is -0.379 e. The maximum absolute atomic E-state index is 12.6. The van der Waals surface area contributed by atoms with E-state index in [2.05, 4.69) is 15.6 Å². The van der Waals surface area contributed by atoms with E-state index in [9.17, 15) is 21.6 Å². The number of nitrogens with zero attached hydrogens (tertiary/aromatic N) is 2. The molecule has 1 atom stereocenters. The van der Waals surface area contributed by atoms with Gasteiger partial charge >= 0.3 is 15.5 Å². The first-order chi connectivity index (χ1) is 13.2. The van der Waals surface area contributed by atoms with Gasteiger partial charge in [-0.1, -0.05) is 0 Å². The number of hydrogen-bond donors (Lipinski definition) is 2. The maximum Gasteiger partial charge on any atom is 0.511 e. The number of hydrogen-bond acceptors (Lipinski definition) is 5. The molecule has 8 nitrogen and oxygen atoms in total. The fourth-order valence-corrected chi connectivity index (χ4v) is 4.13. The Bertz CT molecular complexity index is 602. The lowest BCUT2D eigenvalue weighted by molar-refractivity contribution is -0.0494. The zero-order valence-corrected chi connectivity index (χ0v) is 16.8. The SMILES string of the molecule is CN=C(NCCCOCC1CCCO1)NC1CCN(S(=O)(=O)C(F)(F)F)CC1. The number of nitrogens with one attached hydrogen (secondary N) is 2. The number of ether oxygens (including phenoxy) is 2. The Kier molecular flexibility index (Phi) is 8.78. The second-order valence-corrected chi connectivity index (χ2v) is 8.76. The van der Waals surface area contributed by atoms with Crippen LogP contribution in [-0.4, -0.2) is 82.8 Å². The Labute approximate surface area is 163 Å². The monoisotopic (exact) mass is 430 g/mol. The largest absolute Gasteiger partial charge is 0.511 e. The second-order valence-electron chi connectivity index (χ2n) is 6.83. The molecule has 0 aliphatic carbocycles. The summed E-state index contributed by atoms with van der Waals surface area (Å²) in [6.45, 7) is 2.29. The van der Waals surface area contributed by atoms with E-state index in [-0.39, 0.29) is 38.1 Å². The minimum absolute atomic E-state index is 0.137. The van der Waals surface area contributed by atoms with Crippen LogP contribution < -0.4 is 10.6 Å². The number of piperidine rings is 1. The first-order valence-corrected chi connectivity index (χ1v) is 10.9. The number of rotatable bonds is 8. The maximum atomic E-state index is 12.6. The zero-order valence-electron chi connectivity index (χ0n) is 16.0. The molecule has 2 N–H and O–H groups in total. The van der Waals surface area contributed by atoms with Gasteiger partial charge in [-0.3, -0.25) is 4.99 Å². The molecule has 1 unspecified atom stereocenters. The van der Waals surface area contributed by atoms with Crippen molar-refractivity contribution in [2.75, 3.05) is 46.5 Å². The molecule has 0 amide bonds. The fourth-order valence-electron chi connectivity index (χ4n) is 3.15. The number of guanidine groups is 1. The highest BCUT2D eigenvalue weighted by Crippen LogP contribution is 2.28. The second kappa shape index (κ2) is 10.6. The Balaban J connectivity index is 1.61. The van der Waals surface area contributed by atoms with Crippen LogP contribution in [0.3, 0.4) is 0 Å². The molecule has 164 valence electrons. The highest BCUT2D eigenvalue weighted by molar-refractivity contribution is 7.90. The van der Waals surface area contributed by atoms with E-state index in [1.165, 1.54) is 0 Å². The van der Waals surface area contributed by atoms with Crippen LogP contribution in [0.15, 0.2) is 4.99 Å². The van der Waals surface area contributed by atoms with Crippen molar-refractivity contribution in [3.63, 3.8) is 0 Å². The summed E-state index contributed by atoms with van der Waals surface area (Å²) in [5, 5.41) is 6.25. The van der Waals surface area contributed by atoms with E-state index < -0.39 is 15.5 Å². The van der Waals surface area contributed by atoms with E-state index in [0.717, 1.165) is 25.9 Å². The molecular weight excluding hydrogens is 401 g/mol. The Morgan fingerprint density at radius 3 is 2.57 bits per heavy atom. The first kappa shape index (κ1) is 23.2. The Hall–Kier alpha value is -1.11. The third-order valence-corrected chi connectivity index (χ3v) is 6.37. The number of alkyl halides is 3. The third-order valence-electron chi connectivity index (χ3n) is 4.74. The molecule has 2 heterocycles.